The summed E-state index contributed by atoms with van der Waals surface area (Å²) in [5.74, 6) is 0. The minimum absolute atomic E-state index is 0.00570. The lowest BCUT2D eigenvalue weighted by molar-refractivity contribution is 0.577. The molecule has 1 N–H and O–H groups in total. The zero-order valence-electron chi connectivity index (χ0n) is 18.2. The molecule has 158 valence electrons. The highest BCUT2D eigenvalue weighted by molar-refractivity contribution is 5.95. The first-order valence-electron chi connectivity index (χ1n) is 11.1. The van der Waals surface area contributed by atoms with Gasteiger partial charge in [-0.1, -0.05) is 29.3 Å². The smallest absolute Gasteiger partial charge is 0.251 e. The first-order chi connectivity index (χ1) is 15.1. The summed E-state index contributed by atoms with van der Waals surface area (Å²) in [6.07, 6.45) is 9.58. The average molecular weight is 413 g/mol. The number of rotatable bonds is 4. The van der Waals surface area contributed by atoms with Gasteiger partial charge in [0.1, 0.15) is 5.65 Å². The Morgan fingerprint density at radius 2 is 1.77 bits per heavy atom. The molecular formula is C26H28N4O. The monoisotopic (exact) mass is 412 g/mol. The van der Waals surface area contributed by atoms with Crippen LogP contribution in [0.15, 0.2) is 59.8 Å². The Morgan fingerprint density at radius 1 is 1.00 bits per heavy atom. The number of pyridine rings is 2. The number of H-pyrrole nitrogens is 1. The number of benzene rings is 1. The van der Waals surface area contributed by atoms with E-state index in [1.807, 2.05) is 24.7 Å². The largest absolute Gasteiger partial charge is 0.370 e. The zero-order chi connectivity index (χ0) is 21.4. The van der Waals surface area contributed by atoms with Crippen molar-refractivity contribution in [3.63, 3.8) is 0 Å². The molecule has 31 heavy (non-hydrogen) atoms. The first kappa shape index (κ1) is 19.6. The number of piperidine rings is 1. The molecule has 1 aromatic carbocycles. The number of hydrogen-bond donors (Lipinski definition) is 1. The molecule has 0 aliphatic carbocycles. The van der Waals surface area contributed by atoms with Crippen LogP contribution in [0, 0.1) is 13.8 Å². The molecule has 3 aromatic heterocycles. The Kier molecular flexibility index (Phi) is 5.10. The van der Waals surface area contributed by atoms with Crippen LogP contribution in [0.2, 0.25) is 0 Å². The molecule has 5 heteroatoms. The van der Waals surface area contributed by atoms with Gasteiger partial charge in [0.2, 0.25) is 0 Å². The molecule has 5 nitrogen and oxygen atoms in total. The minimum atomic E-state index is 0.00570. The van der Waals surface area contributed by atoms with Crippen LogP contribution < -0.4 is 10.5 Å². The van der Waals surface area contributed by atoms with E-state index in [1.54, 1.807) is 10.6 Å². The summed E-state index contributed by atoms with van der Waals surface area (Å²) in [5, 5.41) is 1.06. The Labute approximate surface area is 182 Å². The first-order valence-corrected chi connectivity index (χ1v) is 11.1. The Balaban J connectivity index is 1.47. The van der Waals surface area contributed by atoms with Crippen molar-refractivity contribution in [2.75, 3.05) is 18.0 Å². The van der Waals surface area contributed by atoms with Crippen molar-refractivity contribution in [1.82, 2.24) is 14.5 Å². The second-order valence-electron chi connectivity index (χ2n) is 8.72. The number of aromatic amines is 1. The predicted molar refractivity (Wildman–Crippen MR) is 127 cm³/mol. The SMILES string of the molecule is Cc1cc(C)cc(Cn2ccc(-c3c[nH]c4ncc(N5CCCCC5)cc34)cc2=O)c1. The summed E-state index contributed by atoms with van der Waals surface area (Å²) in [6, 6.07) is 12.4. The second-order valence-corrected chi connectivity index (χ2v) is 8.72. The van der Waals surface area contributed by atoms with Crippen LogP contribution in [0.3, 0.4) is 0 Å². The molecule has 4 aromatic rings. The van der Waals surface area contributed by atoms with Crippen molar-refractivity contribution < 1.29 is 0 Å². The minimum Gasteiger partial charge on any atom is -0.370 e. The molecule has 0 spiro atoms. The molecule has 0 atom stereocenters. The van der Waals surface area contributed by atoms with Gasteiger partial charge in [-0.3, -0.25) is 4.79 Å². The van der Waals surface area contributed by atoms with Crippen molar-refractivity contribution in [1.29, 1.82) is 0 Å². The highest BCUT2D eigenvalue weighted by atomic mass is 16.1. The van der Waals surface area contributed by atoms with E-state index in [2.05, 4.69) is 53.0 Å². The number of nitrogens with zero attached hydrogens (tertiary/aromatic N) is 3. The number of hydrogen-bond acceptors (Lipinski definition) is 3. The van der Waals surface area contributed by atoms with Crippen molar-refractivity contribution in [3.05, 3.63) is 82.0 Å². The fourth-order valence-corrected chi connectivity index (χ4v) is 4.72. The molecule has 1 saturated heterocycles. The lowest BCUT2D eigenvalue weighted by atomic mass is 10.1. The van der Waals surface area contributed by atoms with E-state index in [0.717, 1.165) is 46.5 Å². The normalized spacial score (nSPS) is 14.3. The zero-order valence-corrected chi connectivity index (χ0v) is 18.2. The van der Waals surface area contributed by atoms with Gasteiger partial charge in [-0.05, 0) is 56.4 Å². The van der Waals surface area contributed by atoms with Gasteiger partial charge in [0.15, 0.2) is 0 Å². The molecule has 0 saturated carbocycles. The van der Waals surface area contributed by atoms with Crippen LogP contribution in [0.5, 0.6) is 0 Å². The maximum Gasteiger partial charge on any atom is 0.251 e. The molecule has 1 aliphatic heterocycles. The number of fused-ring (bicyclic) bond motifs is 1. The highest BCUT2D eigenvalue weighted by Gasteiger charge is 2.15. The Bertz CT molecular complexity index is 1270. The molecule has 1 aliphatic rings. The van der Waals surface area contributed by atoms with Gasteiger partial charge in [-0.25, -0.2) is 4.98 Å². The Hall–Kier alpha value is -3.34. The van der Waals surface area contributed by atoms with Crippen LogP contribution >= 0.6 is 0 Å². The van der Waals surface area contributed by atoms with Crippen LogP contribution in [-0.2, 0) is 6.54 Å². The number of anilines is 1. The maximum atomic E-state index is 12.9. The third kappa shape index (κ3) is 4.00. The van der Waals surface area contributed by atoms with Crippen LogP contribution in [0.1, 0.15) is 36.0 Å². The molecule has 0 radical (unpaired) electrons. The van der Waals surface area contributed by atoms with Gasteiger partial charge >= 0.3 is 0 Å². The van der Waals surface area contributed by atoms with Gasteiger partial charge in [0.25, 0.3) is 5.56 Å². The third-order valence-electron chi connectivity index (χ3n) is 6.18. The molecule has 5 rings (SSSR count). The van der Waals surface area contributed by atoms with E-state index in [1.165, 1.54) is 30.4 Å². The van der Waals surface area contributed by atoms with E-state index in [-0.39, 0.29) is 5.56 Å². The summed E-state index contributed by atoms with van der Waals surface area (Å²) < 4.78 is 1.77. The summed E-state index contributed by atoms with van der Waals surface area (Å²) in [6.45, 7) is 6.93. The molecule has 0 amide bonds. The van der Waals surface area contributed by atoms with E-state index < -0.39 is 0 Å². The number of aromatic nitrogens is 3. The predicted octanol–water partition coefficient (Wildman–Crippen LogP) is 5.05. The molecule has 1 fully saturated rings. The van der Waals surface area contributed by atoms with Gasteiger partial charge in [-0.2, -0.15) is 0 Å². The van der Waals surface area contributed by atoms with Gasteiger partial charge in [0, 0.05) is 42.5 Å². The molecular weight excluding hydrogens is 384 g/mol. The maximum absolute atomic E-state index is 12.9. The van der Waals surface area contributed by atoms with E-state index in [0.29, 0.717) is 6.54 Å². The fourth-order valence-electron chi connectivity index (χ4n) is 4.72. The van der Waals surface area contributed by atoms with Gasteiger partial charge in [-0.15, -0.1) is 0 Å². The van der Waals surface area contributed by atoms with E-state index in [9.17, 15) is 4.79 Å². The van der Waals surface area contributed by atoms with E-state index >= 15 is 0 Å². The summed E-state index contributed by atoms with van der Waals surface area (Å²) >= 11 is 0. The lowest BCUT2D eigenvalue weighted by Crippen LogP contribution is -2.29. The topological polar surface area (TPSA) is 53.9 Å². The molecule has 0 unspecified atom stereocenters. The van der Waals surface area contributed by atoms with Crippen molar-refractivity contribution in [2.45, 2.75) is 39.7 Å². The number of nitrogens with one attached hydrogen (secondary N) is 1. The van der Waals surface area contributed by atoms with Crippen molar-refractivity contribution >= 4 is 16.7 Å². The average Bonchev–Trinajstić information content (AvgIpc) is 3.18. The summed E-state index contributed by atoms with van der Waals surface area (Å²) in [7, 11) is 0. The standard InChI is InChI=1S/C26H28N4O/c1-18-10-19(2)12-20(11-18)17-30-9-6-21(13-25(30)31)24-16-28-26-23(24)14-22(15-27-26)29-7-4-3-5-8-29/h6,9-16H,3-5,7-8,17H2,1-2H3,(H,27,28). The van der Waals surface area contributed by atoms with Crippen molar-refractivity contribution in [2.24, 2.45) is 0 Å². The Morgan fingerprint density at radius 3 is 2.52 bits per heavy atom. The fraction of sp³-hybridized carbons (Fsp3) is 0.308. The van der Waals surface area contributed by atoms with Crippen LogP contribution in [0.25, 0.3) is 22.2 Å². The van der Waals surface area contributed by atoms with Gasteiger partial charge in [0.05, 0.1) is 18.4 Å². The van der Waals surface area contributed by atoms with Crippen molar-refractivity contribution in [3.8, 4) is 11.1 Å². The number of aryl methyl sites for hydroxylation is 2. The molecule has 4 heterocycles. The van der Waals surface area contributed by atoms with Gasteiger partial charge < -0.3 is 14.5 Å². The summed E-state index contributed by atoms with van der Waals surface area (Å²) in [4.78, 5) is 23.2. The quantitative estimate of drug-likeness (QED) is 0.510. The molecule has 0 bridgehead atoms. The highest BCUT2D eigenvalue weighted by Crippen LogP contribution is 2.30. The third-order valence-corrected chi connectivity index (χ3v) is 6.18. The summed E-state index contributed by atoms with van der Waals surface area (Å²) in [5.41, 5.74) is 7.56. The van der Waals surface area contributed by atoms with Crippen LogP contribution in [0.4, 0.5) is 5.69 Å². The van der Waals surface area contributed by atoms with E-state index in [4.69, 9.17) is 0 Å². The lowest BCUT2D eigenvalue weighted by Gasteiger charge is -2.28. The van der Waals surface area contributed by atoms with Crippen LogP contribution in [-0.4, -0.2) is 27.6 Å². The second kappa shape index (κ2) is 8.06.